The number of carbonyl (C=O) groups excluding carboxylic acids is 1. The van der Waals surface area contributed by atoms with Gasteiger partial charge in [-0.15, -0.1) is 0 Å². The van der Waals surface area contributed by atoms with Gasteiger partial charge in [0.1, 0.15) is 0 Å². The largest absolute Gasteiger partial charge is 0.472 e. The second kappa shape index (κ2) is 5.11. The Morgan fingerprint density at radius 1 is 1.44 bits per heavy atom. The summed E-state index contributed by atoms with van der Waals surface area (Å²) in [6.45, 7) is 0.591. The zero-order valence-electron chi connectivity index (χ0n) is 8.72. The fourth-order valence-corrected chi connectivity index (χ4v) is 1.35. The van der Waals surface area contributed by atoms with Crippen molar-refractivity contribution in [1.82, 2.24) is 10.3 Å². The Hall–Kier alpha value is -2.10. The maximum Gasteiger partial charge on any atom is 0.252 e. The Balaban J connectivity index is 1.81. The minimum absolute atomic E-state index is 0.100. The van der Waals surface area contributed by atoms with Crippen LogP contribution in [-0.2, 0) is 6.42 Å². The van der Waals surface area contributed by atoms with E-state index in [0.29, 0.717) is 12.1 Å². The molecule has 4 nitrogen and oxygen atoms in total. The van der Waals surface area contributed by atoms with Gasteiger partial charge >= 0.3 is 0 Å². The van der Waals surface area contributed by atoms with Crippen molar-refractivity contribution in [2.75, 3.05) is 6.54 Å². The molecule has 0 aromatic carbocycles. The van der Waals surface area contributed by atoms with Crippen LogP contribution in [0.15, 0.2) is 47.5 Å². The van der Waals surface area contributed by atoms with Gasteiger partial charge in [0.05, 0.1) is 18.1 Å². The molecule has 16 heavy (non-hydrogen) atoms. The normalized spacial score (nSPS) is 10.0. The lowest BCUT2D eigenvalue weighted by Crippen LogP contribution is -2.25. The van der Waals surface area contributed by atoms with Gasteiger partial charge in [0.15, 0.2) is 0 Å². The molecular weight excluding hydrogens is 204 g/mol. The van der Waals surface area contributed by atoms with Gasteiger partial charge in [0.2, 0.25) is 0 Å². The van der Waals surface area contributed by atoms with E-state index in [1.54, 1.807) is 37.1 Å². The van der Waals surface area contributed by atoms with Crippen molar-refractivity contribution < 1.29 is 9.21 Å². The molecule has 0 atom stereocenters. The fraction of sp³-hybridized carbons (Fsp3) is 0.167. The molecule has 2 rings (SSSR count). The molecule has 2 aromatic heterocycles. The van der Waals surface area contributed by atoms with Crippen LogP contribution < -0.4 is 5.32 Å². The summed E-state index contributed by atoms with van der Waals surface area (Å²) in [7, 11) is 0. The number of hydrogen-bond acceptors (Lipinski definition) is 3. The van der Waals surface area contributed by atoms with Crippen molar-refractivity contribution in [1.29, 1.82) is 0 Å². The third kappa shape index (κ3) is 2.70. The molecule has 0 radical (unpaired) electrons. The predicted molar refractivity (Wildman–Crippen MR) is 59.0 cm³/mol. The fourth-order valence-electron chi connectivity index (χ4n) is 1.35. The van der Waals surface area contributed by atoms with E-state index in [1.807, 2.05) is 6.07 Å². The molecule has 0 aliphatic carbocycles. The highest BCUT2D eigenvalue weighted by Crippen LogP contribution is 2.00. The maximum atomic E-state index is 11.6. The van der Waals surface area contributed by atoms with Gasteiger partial charge in [-0.3, -0.25) is 9.78 Å². The number of rotatable bonds is 4. The van der Waals surface area contributed by atoms with Crippen LogP contribution in [0.1, 0.15) is 15.9 Å². The van der Waals surface area contributed by atoms with Crippen molar-refractivity contribution in [2.24, 2.45) is 0 Å². The second-order valence-corrected chi connectivity index (χ2v) is 3.38. The number of hydrogen-bond donors (Lipinski definition) is 1. The summed E-state index contributed by atoms with van der Waals surface area (Å²) in [6, 6.07) is 5.36. The van der Waals surface area contributed by atoms with Gasteiger partial charge in [0.25, 0.3) is 5.91 Å². The van der Waals surface area contributed by atoms with Gasteiger partial charge in [-0.05, 0) is 30.2 Å². The average molecular weight is 216 g/mol. The predicted octanol–water partition coefficient (Wildman–Crippen LogP) is 1.65. The lowest BCUT2D eigenvalue weighted by Gasteiger charge is -2.03. The first-order chi connectivity index (χ1) is 7.86. The Morgan fingerprint density at radius 2 is 2.38 bits per heavy atom. The van der Waals surface area contributed by atoms with Crippen LogP contribution in [0.25, 0.3) is 0 Å². The molecule has 1 amide bonds. The first kappa shape index (κ1) is 10.4. The molecule has 4 heteroatoms. The summed E-state index contributed by atoms with van der Waals surface area (Å²) >= 11 is 0. The molecule has 0 aliphatic heterocycles. The summed E-state index contributed by atoms with van der Waals surface area (Å²) in [6.07, 6.45) is 7.26. The minimum Gasteiger partial charge on any atom is -0.472 e. The van der Waals surface area contributed by atoms with Crippen LogP contribution >= 0.6 is 0 Å². The Kier molecular flexibility index (Phi) is 3.33. The smallest absolute Gasteiger partial charge is 0.252 e. The third-order valence-electron chi connectivity index (χ3n) is 2.20. The number of nitrogens with zero attached hydrogens (tertiary/aromatic N) is 1. The van der Waals surface area contributed by atoms with Crippen LogP contribution in [0, 0.1) is 0 Å². The topological polar surface area (TPSA) is 55.1 Å². The van der Waals surface area contributed by atoms with Crippen molar-refractivity contribution >= 4 is 5.91 Å². The molecular formula is C12H12N2O2. The van der Waals surface area contributed by atoms with E-state index < -0.39 is 0 Å². The molecule has 0 saturated carbocycles. The molecule has 1 N–H and O–H groups in total. The van der Waals surface area contributed by atoms with Crippen molar-refractivity contribution in [2.45, 2.75) is 6.42 Å². The number of amides is 1. The van der Waals surface area contributed by atoms with E-state index in [9.17, 15) is 4.79 Å². The number of aromatic nitrogens is 1. The van der Waals surface area contributed by atoms with E-state index >= 15 is 0 Å². The van der Waals surface area contributed by atoms with Gasteiger partial charge in [-0.1, -0.05) is 0 Å². The highest BCUT2D eigenvalue weighted by atomic mass is 16.3. The monoisotopic (exact) mass is 216 g/mol. The Labute approximate surface area is 93.3 Å². The quantitative estimate of drug-likeness (QED) is 0.845. The Morgan fingerprint density at radius 3 is 3.06 bits per heavy atom. The Bertz CT molecular complexity index is 437. The highest BCUT2D eigenvalue weighted by molar-refractivity contribution is 5.93. The van der Waals surface area contributed by atoms with E-state index in [4.69, 9.17) is 4.42 Å². The van der Waals surface area contributed by atoms with Gasteiger partial charge in [-0.2, -0.15) is 0 Å². The zero-order valence-corrected chi connectivity index (χ0v) is 8.72. The molecule has 82 valence electrons. The third-order valence-corrected chi connectivity index (χ3v) is 2.20. The van der Waals surface area contributed by atoms with Crippen molar-refractivity contribution in [3.63, 3.8) is 0 Å². The number of carbonyl (C=O) groups is 1. The maximum absolute atomic E-state index is 11.6. The summed E-state index contributed by atoms with van der Waals surface area (Å²) in [4.78, 5) is 15.5. The standard InChI is InChI=1S/C12H12N2O2/c15-12(11-2-1-5-13-8-11)14-6-3-10-4-7-16-9-10/h1-2,4-5,7-9H,3,6H2,(H,14,15). The van der Waals surface area contributed by atoms with E-state index in [1.165, 1.54) is 0 Å². The second-order valence-electron chi connectivity index (χ2n) is 3.38. The van der Waals surface area contributed by atoms with E-state index in [0.717, 1.165) is 12.0 Å². The van der Waals surface area contributed by atoms with Crippen molar-refractivity contribution in [3.05, 3.63) is 54.2 Å². The zero-order chi connectivity index (χ0) is 11.2. The van der Waals surface area contributed by atoms with Crippen LogP contribution in [-0.4, -0.2) is 17.4 Å². The molecule has 0 spiro atoms. The van der Waals surface area contributed by atoms with Crippen molar-refractivity contribution in [3.8, 4) is 0 Å². The highest BCUT2D eigenvalue weighted by Gasteiger charge is 2.03. The summed E-state index contributed by atoms with van der Waals surface area (Å²) < 4.78 is 4.93. The van der Waals surface area contributed by atoms with Gasteiger partial charge < -0.3 is 9.73 Å². The molecule has 0 unspecified atom stereocenters. The van der Waals surface area contributed by atoms with Crippen LogP contribution in [0.4, 0.5) is 0 Å². The molecule has 2 heterocycles. The van der Waals surface area contributed by atoms with Crippen LogP contribution in [0.3, 0.4) is 0 Å². The molecule has 0 fully saturated rings. The van der Waals surface area contributed by atoms with Crippen LogP contribution in [0.2, 0.25) is 0 Å². The summed E-state index contributed by atoms with van der Waals surface area (Å²) in [5.41, 5.74) is 1.65. The lowest BCUT2D eigenvalue weighted by atomic mass is 10.2. The summed E-state index contributed by atoms with van der Waals surface area (Å²) in [5, 5.41) is 2.82. The minimum atomic E-state index is -0.100. The molecule has 2 aromatic rings. The van der Waals surface area contributed by atoms with Crippen LogP contribution in [0.5, 0.6) is 0 Å². The number of furan rings is 1. The first-order valence-corrected chi connectivity index (χ1v) is 5.05. The first-order valence-electron chi connectivity index (χ1n) is 5.05. The number of pyridine rings is 1. The van der Waals surface area contributed by atoms with E-state index in [-0.39, 0.29) is 5.91 Å². The number of nitrogens with one attached hydrogen (secondary N) is 1. The molecule has 0 saturated heterocycles. The summed E-state index contributed by atoms with van der Waals surface area (Å²) in [5.74, 6) is -0.100. The molecule has 0 bridgehead atoms. The SMILES string of the molecule is O=C(NCCc1ccoc1)c1cccnc1. The van der Waals surface area contributed by atoms with Gasteiger partial charge in [0, 0.05) is 18.9 Å². The van der Waals surface area contributed by atoms with E-state index in [2.05, 4.69) is 10.3 Å². The lowest BCUT2D eigenvalue weighted by molar-refractivity contribution is 0.0954. The molecule has 0 aliphatic rings. The van der Waals surface area contributed by atoms with Gasteiger partial charge in [-0.25, -0.2) is 0 Å². The average Bonchev–Trinajstić information content (AvgIpc) is 2.83.